The van der Waals surface area contributed by atoms with Gasteiger partial charge in [0.15, 0.2) is 11.5 Å². The predicted molar refractivity (Wildman–Crippen MR) is 121 cm³/mol. The second kappa shape index (κ2) is 12.6. The lowest BCUT2D eigenvalue weighted by Crippen LogP contribution is -2.37. The number of halogens is 1. The van der Waals surface area contributed by atoms with Crippen LogP contribution in [0.4, 0.5) is 4.39 Å². The van der Waals surface area contributed by atoms with Gasteiger partial charge in [0.2, 0.25) is 0 Å². The number of furan rings is 1. The van der Waals surface area contributed by atoms with Gasteiger partial charge in [0.05, 0.1) is 25.6 Å². The molecule has 2 aromatic carbocycles. The molecule has 0 aliphatic carbocycles. The minimum atomic E-state index is -0.908. The zero-order chi connectivity index (χ0) is 24.2. The number of amides is 2. The van der Waals surface area contributed by atoms with Crippen molar-refractivity contribution in [3.05, 3.63) is 78.0 Å². The molecule has 0 spiro atoms. The van der Waals surface area contributed by atoms with Gasteiger partial charge in [0, 0.05) is 0 Å². The number of carbonyl (C=O) groups is 2. The first kappa shape index (κ1) is 24.3. The van der Waals surface area contributed by atoms with E-state index in [1.165, 1.54) is 36.7 Å². The van der Waals surface area contributed by atoms with E-state index in [2.05, 4.69) is 15.8 Å². The van der Waals surface area contributed by atoms with Crippen molar-refractivity contribution in [1.29, 1.82) is 0 Å². The molecule has 0 aliphatic heterocycles. The van der Waals surface area contributed by atoms with Crippen LogP contribution in [0.1, 0.15) is 18.2 Å². The predicted octanol–water partition coefficient (Wildman–Crippen LogP) is 3.04. The summed E-state index contributed by atoms with van der Waals surface area (Å²) in [6.45, 7) is 2.85. The molecule has 34 heavy (non-hydrogen) atoms. The van der Waals surface area contributed by atoms with E-state index in [0.29, 0.717) is 35.2 Å². The highest BCUT2D eigenvalue weighted by Crippen LogP contribution is 2.28. The first-order valence-electron chi connectivity index (χ1n) is 10.5. The summed E-state index contributed by atoms with van der Waals surface area (Å²) >= 11 is 0. The molecule has 0 bridgehead atoms. The average molecular weight is 469 g/mol. The van der Waals surface area contributed by atoms with E-state index < -0.39 is 11.8 Å². The van der Waals surface area contributed by atoms with Crippen molar-refractivity contribution in [2.24, 2.45) is 5.10 Å². The third kappa shape index (κ3) is 7.66. The van der Waals surface area contributed by atoms with Gasteiger partial charge >= 0.3 is 11.8 Å². The van der Waals surface area contributed by atoms with Crippen molar-refractivity contribution in [3.63, 3.8) is 0 Å². The van der Waals surface area contributed by atoms with Gasteiger partial charge in [-0.2, -0.15) is 5.10 Å². The fourth-order valence-corrected chi connectivity index (χ4v) is 2.71. The van der Waals surface area contributed by atoms with Crippen LogP contribution in [0.3, 0.4) is 0 Å². The van der Waals surface area contributed by atoms with Crippen molar-refractivity contribution in [1.82, 2.24) is 10.7 Å². The summed E-state index contributed by atoms with van der Waals surface area (Å²) in [5, 5.41) is 6.22. The highest BCUT2D eigenvalue weighted by molar-refractivity contribution is 6.35. The minimum absolute atomic E-state index is 0.0943. The maximum absolute atomic E-state index is 12.9. The summed E-state index contributed by atoms with van der Waals surface area (Å²) in [5.41, 5.74) is 2.78. The number of hydrogen-bond acceptors (Lipinski definition) is 7. The molecule has 2 N–H and O–H groups in total. The topological polar surface area (TPSA) is 111 Å². The van der Waals surface area contributed by atoms with E-state index in [0.717, 1.165) is 0 Å². The number of rotatable bonds is 11. The van der Waals surface area contributed by atoms with Gasteiger partial charge in [-0.3, -0.25) is 9.59 Å². The van der Waals surface area contributed by atoms with Gasteiger partial charge in [0.25, 0.3) is 0 Å². The Bertz CT molecular complexity index is 1100. The Kier molecular flexibility index (Phi) is 9.03. The Balaban J connectivity index is 1.48. The monoisotopic (exact) mass is 469 g/mol. The molecule has 1 aromatic heterocycles. The van der Waals surface area contributed by atoms with Crippen LogP contribution in [0.25, 0.3) is 0 Å². The highest BCUT2D eigenvalue weighted by atomic mass is 19.1. The molecule has 3 rings (SSSR count). The number of benzene rings is 2. The summed E-state index contributed by atoms with van der Waals surface area (Å²) in [6.07, 6.45) is 2.85. The average Bonchev–Trinajstić information content (AvgIpc) is 3.36. The fourth-order valence-electron chi connectivity index (χ4n) is 2.71. The van der Waals surface area contributed by atoms with E-state index in [4.69, 9.17) is 18.6 Å². The van der Waals surface area contributed by atoms with Crippen LogP contribution < -0.4 is 25.0 Å². The normalized spacial score (nSPS) is 10.6. The number of nitrogens with one attached hydrogen (secondary N) is 2. The van der Waals surface area contributed by atoms with Gasteiger partial charge in [-0.15, -0.1) is 0 Å². The van der Waals surface area contributed by atoms with Crippen LogP contribution in [0, 0.1) is 5.82 Å². The molecule has 0 saturated carbocycles. The van der Waals surface area contributed by atoms with Crippen molar-refractivity contribution >= 4 is 18.0 Å². The zero-order valence-corrected chi connectivity index (χ0v) is 18.5. The first-order chi connectivity index (χ1) is 16.5. The van der Waals surface area contributed by atoms with E-state index in [9.17, 15) is 14.0 Å². The Labute approximate surface area is 195 Å². The molecule has 0 atom stereocenters. The smallest absolute Gasteiger partial charge is 0.329 e. The van der Waals surface area contributed by atoms with Crippen molar-refractivity contribution < 1.29 is 32.6 Å². The molecule has 0 saturated heterocycles. The fraction of sp³-hybridized carbons (Fsp3) is 0.208. The van der Waals surface area contributed by atoms with Crippen LogP contribution >= 0.6 is 0 Å². The van der Waals surface area contributed by atoms with Crippen molar-refractivity contribution in [2.45, 2.75) is 13.5 Å². The molecule has 0 aliphatic rings. The van der Waals surface area contributed by atoms with E-state index in [1.807, 2.05) is 6.92 Å². The SMILES string of the molecule is CCOc1cc(/C=N/NC(=O)C(=O)NCc2ccco2)ccc1OCCOc1ccc(F)cc1. The van der Waals surface area contributed by atoms with Crippen LogP contribution in [-0.2, 0) is 16.1 Å². The van der Waals surface area contributed by atoms with Crippen molar-refractivity contribution in [2.75, 3.05) is 19.8 Å². The molecular weight excluding hydrogens is 445 g/mol. The maximum atomic E-state index is 12.9. The number of carbonyl (C=O) groups excluding carboxylic acids is 2. The van der Waals surface area contributed by atoms with Gasteiger partial charge in [-0.25, -0.2) is 9.82 Å². The number of nitrogens with zero attached hydrogens (tertiary/aromatic N) is 1. The van der Waals surface area contributed by atoms with Crippen LogP contribution in [-0.4, -0.2) is 37.8 Å². The van der Waals surface area contributed by atoms with Gasteiger partial charge in [-0.1, -0.05) is 0 Å². The van der Waals surface area contributed by atoms with Gasteiger partial charge < -0.3 is 23.9 Å². The molecule has 3 aromatic rings. The number of ether oxygens (including phenoxy) is 3. The molecule has 0 radical (unpaired) electrons. The van der Waals surface area contributed by atoms with Gasteiger partial charge in [0.1, 0.15) is 30.5 Å². The molecule has 2 amide bonds. The summed E-state index contributed by atoms with van der Waals surface area (Å²) in [5.74, 6) is -0.0277. The van der Waals surface area contributed by atoms with E-state index in [1.54, 1.807) is 30.3 Å². The molecular formula is C24H24FN3O6. The third-order valence-corrected chi connectivity index (χ3v) is 4.28. The molecule has 178 valence electrons. The number of hydrazone groups is 1. The van der Waals surface area contributed by atoms with E-state index >= 15 is 0 Å². The molecule has 9 nitrogen and oxygen atoms in total. The summed E-state index contributed by atoms with van der Waals surface area (Å²) in [7, 11) is 0. The van der Waals surface area contributed by atoms with Gasteiger partial charge in [-0.05, 0) is 67.1 Å². The Morgan fingerprint density at radius 3 is 2.53 bits per heavy atom. The molecule has 10 heteroatoms. The Morgan fingerprint density at radius 2 is 1.79 bits per heavy atom. The molecule has 0 unspecified atom stereocenters. The Morgan fingerprint density at radius 1 is 1.00 bits per heavy atom. The third-order valence-electron chi connectivity index (χ3n) is 4.28. The second-order valence-corrected chi connectivity index (χ2v) is 6.75. The standard InChI is InChI=1S/C24H24FN3O6/c1-2-31-22-14-17(15-27-28-24(30)23(29)26-16-20-4-3-11-32-20)5-10-21(22)34-13-12-33-19-8-6-18(25)7-9-19/h3-11,14-15H,2,12-13,16H2,1H3,(H,26,29)(H,28,30)/b27-15+. The molecule has 0 fully saturated rings. The van der Waals surface area contributed by atoms with Crippen molar-refractivity contribution in [3.8, 4) is 17.2 Å². The molecule has 1 heterocycles. The van der Waals surface area contributed by atoms with Crippen LogP contribution in [0.2, 0.25) is 0 Å². The maximum Gasteiger partial charge on any atom is 0.329 e. The second-order valence-electron chi connectivity index (χ2n) is 6.75. The summed E-state index contributed by atoms with van der Waals surface area (Å²) in [6, 6.07) is 14.2. The quantitative estimate of drug-likeness (QED) is 0.193. The highest BCUT2D eigenvalue weighted by Gasteiger charge is 2.12. The largest absolute Gasteiger partial charge is 0.490 e. The number of hydrogen-bond donors (Lipinski definition) is 2. The lowest BCUT2D eigenvalue weighted by atomic mass is 10.2. The Hall–Kier alpha value is -4.34. The summed E-state index contributed by atoms with van der Waals surface area (Å²) in [4.78, 5) is 23.6. The minimum Gasteiger partial charge on any atom is -0.490 e. The van der Waals surface area contributed by atoms with Crippen LogP contribution in [0.15, 0.2) is 70.4 Å². The van der Waals surface area contributed by atoms with Crippen LogP contribution in [0.5, 0.6) is 17.2 Å². The lowest BCUT2D eigenvalue weighted by Gasteiger charge is -2.13. The first-order valence-corrected chi connectivity index (χ1v) is 10.5. The summed E-state index contributed by atoms with van der Waals surface area (Å²) < 4.78 is 34.9. The lowest BCUT2D eigenvalue weighted by molar-refractivity contribution is -0.139. The zero-order valence-electron chi connectivity index (χ0n) is 18.5. The van der Waals surface area contributed by atoms with E-state index in [-0.39, 0.29) is 25.6 Å².